The molecule has 2 aliphatic heterocycles. The van der Waals surface area contributed by atoms with Crippen LogP contribution >= 0.6 is 11.6 Å². The van der Waals surface area contributed by atoms with Gasteiger partial charge >= 0.3 is 0 Å². The van der Waals surface area contributed by atoms with Crippen molar-refractivity contribution in [1.82, 2.24) is 19.8 Å². The van der Waals surface area contributed by atoms with Gasteiger partial charge in [0, 0.05) is 37.1 Å². The van der Waals surface area contributed by atoms with Crippen LogP contribution in [0.5, 0.6) is 0 Å². The number of benzene rings is 1. The van der Waals surface area contributed by atoms with Crippen LogP contribution in [0.25, 0.3) is 10.9 Å². The zero-order chi connectivity index (χ0) is 19.7. The Balaban J connectivity index is 1.37. The number of carbonyl (C=O) groups excluding carboxylic acids is 1. The normalized spacial score (nSPS) is 21.4. The summed E-state index contributed by atoms with van der Waals surface area (Å²) in [7, 11) is 0. The highest BCUT2D eigenvalue weighted by Gasteiger charge is 2.28. The first-order chi connectivity index (χ1) is 13.5. The zero-order valence-corrected chi connectivity index (χ0v) is 17.4. The lowest BCUT2D eigenvalue weighted by molar-refractivity contribution is -0.133. The average molecular weight is 402 g/mol. The van der Waals surface area contributed by atoms with Crippen molar-refractivity contribution in [1.29, 1.82) is 0 Å². The van der Waals surface area contributed by atoms with Gasteiger partial charge < -0.3 is 10.2 Å². The number of halogens is 1. The number of carbonyl (C=O) groups is 1. The quantitative estimate of drug-likeness (QED) is 0.795. The molecule has 0 spiro atoms. The van der Waals surface area contributed by atoms with Crippen LogP contribution in [0.3, 0.4) is 0 Å². The SMILES string of the molecule is Cc1cccc2c(NC3CCN(CC(=O)N4CCC[C@H]4C)CC3)nc(Cl)nc12. The van der Waals surface area contributed by atoms with Gasteiger partial charge in [-0.3, -0.25) is 9.69 Å². The van der Waals surface area contributed by atoms with Gasteiger partial charge in [-0.05, 0) is 62.8 Å². The van der Waals surface area contributed by atoms with Crippen molar-refractivity contribution in [2.24, 2.45) is 0 Å². The molecule has 0 saturated carbocycles. The standard InChI is InChI=1S/C21H28ClN5O/c1-14-5-3-7-17-19(14)24-21(22)25-20(17)23-16-8-11-26(12-9-16)13-18(28)27-10-4-6-15(27)2/h3,5,7,15-16H,4,6,8-13H2,1-2H3,(H,23,24,25)/t15-/m1/s1. The Morgan fingerprint density at radius 3 is 2.71 bits per heavy atom. The second-order valence-corrected chi connectivity index (χ2v) is 8.42. The second kappa shape index (κ2) is 8.21. The Morgan fingerprint density at radius 1 is 1.21 bits per heavy atom. The highest BCUT2D eigenvalue weighted by Crippen LogP contribution is 2.26. The monoisotopic (exact) mass is 401 g/mol. The Hall–Kier alpha value is -1.92. The molecule has 28 heavy (non-hydrogen) atoms. The maximum atomic E-state index is 12.5. The molecular weight excluding hydrogens is 374 g/mol. The molecule has 0 bridgehead atoms. The average Bonchev–Trinajstić information content (AvgIpc) is 3.10. The number of aromatic nitrogens is 2. The van der Waals surface area contributed by atoms with Crippen LogP contribution in [0.2, 0.25) is 5.28 Å². The van der Waals surface area contributed by atoms with Gasteiger partial charge in [0.1, 0.15) is 5.82 Å². The molecule has 150 valence electrons. The Kier molecular flexibility index (Phi) is 5.69. The minimum absolute atomic E-state index is 0.270. The number of nitrogens with one attached hydrogen (secondary N) is 1. The Morgan fingerprint density at radius 2 is 2.00 bits per heavy atom. The van der Waals surface area contributed by atoms with Crippen molar-refractivity contribution in [3.8, 4) is 0 Å². The smallest absolute Gasteiger partial charge is 0.236 e. The number of aryl methyl sites for hydroxylation is 1. The molecule has 4 rings (SSSR count). The summed E-state index contributed by atoms with van der Waals surface area (Å²) in [6, 6.07) is 6.81. The number of rotatable bonds is 4. The number of piperidine rings is 1. The van der Waals surface area contributed by atoms with E-state index in [-0.39, 0.29) is 11.2 Å². The number of likely N-dealkylation sites (tertiary alicyclic amines) is 2. The summed E-state index contributed by atoms with van der Waals surface area (Å²) in [5.41, 5.74) is 1.99. The lowest BCUT2D eigenvalue weighted by atomic mass is 10.0. The first-order valence-corrected chi connectivity index (χ1v) is 10.6. The number of hydrogen-bond acceptors (Lipinski definition) is 5. The molecule has 1 N–H and O–H groups in total. The Bertz CT molecular complexity index is 865. The van der Waals surface area contributed by atoms with Crippen LogP contribution in [-0.2, 0) is 4.79 Å². The molecule has 0 radical (unpaired) electrons. The number of hydrogen-bond donors (Lipinski definition) is 1. The van der Waals surface area contributed by atoms with E-state index in [0.29, 0.717) is 18.6 Å². The maximum Gasteiger partial charge on any atom is 0.236 e. The minimum atomic E-state index is 0.270. The van der Waals surface area contributed by atoms with E-state index in [9.17, 15) is 4.79 Å². The summed E-state index contributed by atoms with van der Waals surface area (Å²) < 4.78 is 0. The number of nitrogens with zero attached hydrogens (tertiary/aromatic N) is 4. The summed E-state index contributed by atoms with van der Waals surface area (Å²) in [5.74, 6) is 1.08. The summed E-state index contributed by atoms with van der Waals surface area (Å²) in [5, 5.41) is 4.85. The third kappa shape index (κ3) is 4.08. The number of anilines is 1. The first-order valence-electron chi connectivity index (χ1n) is 10.2. The van der Waals surface area contributed by atoms with Crippen LogP contribution in [0, 0.1) is 6.92 Å². The van der Waals surface area contributed by atoms with Gasteiger partial charge in [0.15, 0.2) is 0 Å². The van der Waals surface area contributed by atoms with E-state index < -0.39 is 0 Å². The summed E-state index contributed by atoms with van der Waals surface area (Å²) in [4.78, 5) is 25.7. The van der Waals surface area contributed by atoms with Crippen molar-refractivity contribution in [2.75, 3.05) is 31.5 Å². The summed E-state index contributed by atoms with van der Waals surface area (Å²) in [6.45, 7) is 7.48. The molecule has 2 fully saturated rings. The van der Waals surface area contributed by atoms with E-state index in [4.69, 9.17) is 11.6 Å². The molecule has 2 aliphatic rings. The fourth-order valence-electron chi connectivity index (χ4n) is 4.39. The number of para-hydroxylation sites is 1. The van der Waals surface area contributed by atoms with Gasteiger partial charge in [-0.25, -0.2) is 9.97 Å². The molecule has 1 atom stereocenters. The lowest BCUT2D eigenvalue weighted by Crippen LogP contribution is -2.46. The minimum Gasteiger partial charge on any atom is -0.367 e. The van der Waals surface area contributed by atoms with Gasteiger partial charge in [-0.2, -0.15) is 0 Å². The van der Waals surface area contributed by atoms with E-state index in [2.05, 4.69) is 27.1 Å². The van der Waals surface area contributed by atoms with Crippen LogP contribution < -0.4 is 5.32 Å². The van der Waals surface area contributed by atoms with Gasteiger partial charge in [-0.1, -0.05) is 12.1 Å². The van der Waals surface area contributed by atoms with E-state index >= 15 is 0 Å². The molecule has 1 amide bonds. The van der Waals surface area contributed by atoms with E-state index in [1.54, 1.807) is 0 Å². The highest BCUT2D eigenvalue weighted by molar-refractivity contribution is 6.28. The zero-order valence-electron chi connectivity index (χ0n) is 16.6. The lowest BCUT2D eigenvalue weighted by Gasteiger charge is -2.33. The molecule has 2 saturated heterocycles. The molecule has 1 aromatic heterocycles. The third-order valence-electron chi connectivity index (χ3n) is 6.06. The van der Waals surface area contributed by atoms with Crippen LogP contribution in [0.4, 0.5) is 5.82 Å². The maximum absolute atomic E-state index is 12.5. The second-order valence-electron chi connectivity index (χ2n) is 8.09. The summed E-state index contributed by atoms with van der Waals surface area (Å²) >= 11 is 6.16. The van der Waals surface area contributed by atoms with Crippen molar-refractivity contribution in [3.05, 3.63) is 29.0 Å². The van der Waals surface area contributed by atoms with Gasteiger partial charge in [0.2, 0.25) is 11.2 Å². The van der Waals surface area contributed by atoms with Gasteiger partial charge in [0.25, 0.3) is 0 Å². The van der Waals surface area contributed by atoms with E-state index in [0.717, 1.165) is 67.6 Å². The summed E-state index contributed by atoms with van der Waals surface area (Å²) in [6.07, 6.45) is 4.23. The number of amides is 1. The highest BCUT2D eigenvalue weighted by atomic mass is 35.5. The van der Waals surface area contributed by atoms with Crippen LogP contribution in [-0.4, -0.2) is 63.9 Å². The van der Waals surface area contributed by atoms with Crippen molar-refractivity contribution >= 4 is 34.2 Å². The fourth-order valence-corrected chi connectivity index (χ4v) is 4.56. The van der Waals surface area contributed by atoms with Gasteiger partial charge in [0.05, 0.1) is 12.1 Å². The fraction of sp³-hybridized carbons (Fsp3) is 0.571. The van der Waals surface area contributed by atoms with Crippen LogP contribution in [0.15, 0.2) is 18.2 Å². The van der Waals surface area contributed by atoms with Crippen LogP contribution in [0.1, 0.15) is 38.2 Å². The molecule has 3 heterocycles. The molecule has 2 aromatic rings. The molecular formula is C21H28ClN5O. The molecule has 7 heteroatoms. The largest absolute Gasteiger partial charge is 0.367 e. The predicted molar refractivity (Wildman–Crippen MR) is 113 cm³/mol. The van der Waals surface area contributed by atoms with E-state index in [1.165, 1.54) is 0 Å². The third-order valence-corrected chi connectivity index (χ3v) is 6.23. The van der Waals surface area contributed by atoms with E-state index in [1.807, 2.05) is 30.0 Å². The first kappa shape index (κ1) is 19.4. The topological polar surface area (TPSA) is 61.4 Å². The van der Waals surface area contributed by atoms with Crippen molar-refractivity contribution < 1.29 is 4.79 Å². The molecule has 0 unspecified atom stereocenters. The van der Waals surface area contributed by atoms with Gasteiger partial charge in [-0.15, -0.1) is 0 Å². The Labute approximate surface area is 171 Å². The number of fused-ring (bicyclic) bond motifs is 1. The molecule has 6 nitrogen and oxygen atoms in total. The predicted octanol–water partition coefficient (Wildman–Crippen LogP) is 3.48. The van der Waals surface area contributed by atoms with Crippen molar-refractivity contribution in [2.45, 2.75) is 51.6 Å². The molecule has 0 aliphatic carbocycles. The molecule has 1 aromatic carbocycles. The van der Waals surface area contributed by atoms with Crippen molar-refractivity contribution in [3.63, 3.8) is 0 Å².